The van der Waals surface area contributed by atoms with E-state index in [1.807, 2.05) is 12.2 Å². The molecule has 0 aromatic heterocycles. The Morgan fingerprint density at radius 1 is 1.24 bits per heavy atom. The highest BCUT2D eigenvalue weighted by atomic mass is 16.1. The van der Waals surface area contributed by atoms with Crippen molar-refractivity contribution in [3.63, 3.8) is 0 Å². The molecular formula is C15H21NO. The van der Waals surface area contributed by atoms with Crippen LogP contribution in [0.1, 0.15) is 38.8 Å². The van der Waals surface area contributed by atoms with Gasteiger partial charge in [-0.05, 0) is 16.5 Å². The van der Waals surface area contributed by atoms with Crippen molar-refractivity contribution in [3.8, 4) is 0 Å². The van der Waals surface area contributed by atoms with Crippen molar-refractivity contribution in [2.75, 3.05) is 6.54 Å². The smallest absolute Gasteiger partial charge is 0.217 e. The van der Waals surface area contributed by atoms with Crippen LogP contribution < -0.4 is 5.32 Å². The van der Waals surface area contributed by atoms with Gasteiger partial charge in [-0.3, -0.25) is 4.79 Å². The van der Waals surface area contributed by atoms with E-state index in [1.165, 1.54) is 12.5 Å². The zero-order valence-corrected chi connectivity index (χ0v) is 11.1. The number of benzene rings is 1. The maximum Gasteiger partial charge on any atom is 0.217 e. The van der Waals surface area contributed by atoms with Gasteiger partial charge in [-0.2, -0.15) is 0 Å². The summed E-state index contributed by atoms with van der Waals surface area (Å²) in [6, 6.07) is 8.51. The lowest BCUT2D eigenvalue weighted by Crippen LogP contribution is -2.19. The van der Waals surface area contributed by atoms with Crippen molar-refractivity contribution < 1.29 is 4.79 Å². The second kappa shape index (κ2) is 5.67. The van der Waals surface area contributed by atoms with Crippen molar-refractivity contribution >= 4 is 12.0 Å². The van der Waals surface area contributed by atoms with Gasteiger partial charge < -0.3 is 5.32 Å². The Hall–Kier alpha value is -1.57. The average molecular weight is 231 g/mol. The predicted molar refractivity (Wildman–Crippen MR) is 72.9 cm³/mol. The van der Waals surface area contributed by atoms with Crippen molar-refractivity contribution in [2.45, 2.75) is 33.1 Å². The Morgan fingerprint density at radius 2 is 1.82 bits per heavy atom. The van der Waals surface area contributed by atoms with Crippen LogP contribution in [0.15, 0.2) is 30.3 Å². The van der Waals surface area contributed by atoms with Crippen LogP contribution >= 0.6 is 0 Å². The van der Waals surface area contributed by atoms with Crippen LogP contribution in [-0.2, 0) is 10.2 Å². The standard InChI is InChI=1S/C15H21NO/c1-12(17)16-11-5-6-13-7-9-14(10-8-13)15(2,3)4/h5-10H,11H2,1-4H3,(H,16,17). The van der Waals surface area contributed by atoms with E-state index in [9.17, 15) is 4.79 Å². The van der Waals surface area contributed by atoms with Crippen molar-refractivity contribution in [2.24, 2.45) is 0 Å². The first-order valence-corrected chi connectivity index (χ1v) is 5.91. The lowest BCUT2D eigenvalue weighted by molar-refractivity contribution is -0.118. The van der Waals surface area contributed by atoms with Crippen LogP contribution in [0.4, 0.5) is 0 Å². The first-order valence-electron chi connectivity index (χ1n) is 5.91. The third-order valence-electron chi connectivity index (χ3n) is 2.56. The first-order chi connectivity index (χ1) is 7.89. The highest BCUT2D eigenvalue weighted by Gasteiger charge is 2.12. The van der Waals surface area contributed by atoms with E-state index in [4.69, 9.17) is 0 Å². The molecule has 0 radical (unpaired) electrons. The summed E-state index contributed by atoms with van der Waals surface area (Å²) >= 11 is 0. The van der Waals surface area contributed by atoms with Crippen molar-refractivity contribution in [3.05, 3.63) is 41.5 Å². The molecule has 1 aromatic rings. The Balaban J connectivity index is 2.60. The number of hydrogen-bond acceptors (Lipinski definition) is 1. The molecule has 0 saturated carbocycles. The summed E-state index contributed by atoms with van der Waals surface area (Å²) in [5, 5.41) is 2.73. The summed E-state index contributed by atoms with van der Waals surface area (Å²) in [7, 11) is 0. The van der Waals surface area contributed by atoms with E-state index in [-0.39, 0.29) is 11.3 Å². The van der Waals surface area contributed by atoms with Gasteiger partial charge in [0.25, 0.3) is 0 Å². The van der Waals surface area contributed by atoms with Gasteiger partial charge in [0.1, 0.15) is 0 Å². The number of carbonyl (C=O) groups is 1. The third-order valence-corrected chi connectivity index (χ3v) is 2.56. The van der Waals surface area contributed by atoms with E-state index in [1.54, 1.807) is 0 Å². The molecule has 0 spiro atoms. The Kier molecular flexibility index (Phi) is 4.50. The fourth-order valence-corrected chi connectivity index (χ4v) is 1.49. The molecule has 0 atom stereocenters. The van der Waals surface area contributed by atoms with E-state index >= 15 is 0 Å². The largest absolute Gasteiger partial charge is 0.353 e. The highest BCUT2D eigenvalue weighted by Crippen LogP contribution is 2.22. The molecule has 0 bridgehead atoms. The van der Waals surface area contributed by atoms with Gasteiger partial charge >= 0.3 is 0 Å². The van der Waals surface area contributed by atoms with E-state index in [2.05, 4.69) is 50.4 Å². The number of carbonyl (C=O) groups excluding carboxylic acids is 1. The van der Waals surface area contributed by atoms with Crippen LogP contribution in [0.2, 0.25) is 0 Å². The summed E-state index contributed by atoms with van der Waals surface area (Å²) in [5.74, 6) is -0.00210. The van der Waals surface area contributed by atoms with Crippen molar-refractivity contribution in [1.82, 2.24) is 5.32 Å². The molecule has 1 N–H and O–H groups in total. The molecule has 17 heavy (non-hydrogen) atoms. The van der Waals surface area contributed by atoms with Gasteiger partial charge in [-0.1, -0.05) is 57.2 Å². The Bertz CT molecular complexity index is 396. The van der Waals surface area contributed by atoms with Gasteiger partial charge in [0, 0.05) is 13.5 Å². The highest BCUT2D eigenvalue weighted by molar-refractivity contribution is 5.73. The Morgan fingerprint density at radius 3 is 2.29 bits per heavy atom. The van der Waals surface area contributed by atoms with E-state index in [0.29, 0.717) is 6.54 Å². The SMILES string of the molecule is CC(=O)NCC=Cc1ccc(C(C)(C)C)cc1. The lowest BCUT2D eigenvalue weighted by Gasteiger charge is -2.18. The van der Waals surface area contributed by atoms with Gasteiger partial charge in [0.2, 0.25) is 5.91 Å². The molecule has 0 aliphatic rings. The quantitative estimate of drug-likeness (QED) is 0.850. The minimum atomic E-state index is -0.00210. The van der Waals surface area contributed by atoms with Gasteiger partial charge in [-0.25, -0.2) is 0 Å². The average Bonchev–Trinajstić information content (AvgIpc) is 2.23. The Labute approximate surface area is 104 Å². The lowest BCUT2D eigenvalue weighted by atomic mass is 9.87. The number of nitrogens with one attached hydrogen (secondary N) is 1. The molecule has 0 aliphatic carbocycles. The molecule has 0 saturated heterocycles. The van der Waals surface area contributed by atoms with Crippen LogP contribution in [0.25, 0.3) is 6.08 Å². The summed E-state index contributed by atoms with van der Waals surface area (Å²) in [5.41, 5.74) is 2.68. The van der Waals surface area contributed by atoms with Crippen molar-refractivity contribution in [1.29, 1.82) is 0 Å². The normalized spacial score (nSPS) is 11.8. The molecule has 2 nitrogen and oxygen atoms in total. The van der Waals surface area contributed by atoms with E-state index in [0.717, 1.165) is 5.56 Å². The zero-order chi connectivity index (χ0) is 12.9. The first kappa shape index (κ1) is 13.5. The molecule has 0 heterocycles. The topological polar surface area (TPSA) is 29.1 Å². The summed E-state index contributed by atoms with van der Waals surface area (Å²) in [4.78, 5) is 10.7. The predicted octanol–water partition coefficient (Wildman–Crippen LogP) is 3.13. The van der Waals surface area contributed by atoms with Crippen LogP contribution in [0, 0.1) is 0 Å². The molecule has 1 rings (SSSR count). The third kappa shape index (κ3) is 4.85. The molecular weight excluding hydrogens is 210 g/mol. The van der Waals surface area contributed by atoms with Gasteiger partial charge in [0.05, 0.1) is 0 Å². The van der Waals surface area contributed by atoms with Crippen LogP contribution in [0.5, 0.6) is 0 Å². The minimum absolute atomic E-state index is 0.00210. The number of amides is 1. The zero-order valence-electron chi connectivity index (χ0n) is 11.1. The van der Waals surface area contributed by atoms with Crippen LogP contribution in [-0.4, -0.2) is 12.5 Å². The maximum absolute atomic E-state index is 10.7. The fraction of sp³-hybridized carbons (Fsp3) is 0.400. The molecule has 1 amide bonds. The fourth-order valence-electron chi connectivity index (χ4n) is 1.49. The maximum atomic E-state index is 10.7. The van der Waals surface area contributed by atoms with Crippen LogP contribution in [0.3, 0.4) is 0 Å². The number of hydrogen-bond donors (Lipinski definition) is 1. The van der Waals surface area contributed by atoms with Gasteiger partial charge in [0.15, 0.2) is 0 Å². The molecule has 0 fully saturated rings. The monoisotopic (exact) mass is 231 g/mol. The second-order valence-corrected chi connectivity index (χ2v) is 5.21. The number of rotatable bonds is 3. The minimum Gasteiger partial charge on any atom is -0.353 e. The second-order valence-electron chi connectivity index (χ2n) is 5.21. The summed E-state index contributed by atoms with van der Waals surface area (Å²) in [6.07, 6.45) is 3.97. The molecule has 0 unspecified atom stereocenters. The summed E-state index contributed by atoms with van der Waals surface area (Å²) in [6.45, 7) is 8.71. The molecule has 0 aliphatic heterocycles. The summed E-state index contributed by atoms with van der Waals surface area (Å²) < 4.78 is 0. The van der Waals surface area contributed by atoms with Gasteiger partial charge in [-0.15, -0.1) is 0 Å². The molecule has 2 heteroatoms. The van der Waals surface area contributed by atoms with E-state index < -0.39 is 0 Å². The molecule has 92 valence electrons. The molecule has 1 aromatic carbocycles.